The van der Waals surface area contributed by atoms with E-state index in [2.05, 4.69) is 19.9 Å². The number of ether oxygens (including phenoxy) is 1. The molecule has 8 heteroatoms. The van der Waals surface area contributed by atoms with Gasteiger partial charge in [-0.15, -0.1) is 0 Å². The zero-order chi connectivity index (χ0) is 18.3. The summed E-state index contributed by atoms with van der Waals surface area (Å²) in [6.45, 7) is 1.68. The normalized spacial score (nSPS) is 11.0. The Morgan fingerprint density at radius 1 is 1.23 bits per heavy atom. The summed E-state index contributed by atoms with van der Waals surface area (Å²) >= 11 is 0. The highest BCUT2D eigenvalue weighted by Gasteiger charge is 2.22. The molecular weight excluding hydrogens is 334 g/mol. The van der Waals surface area contributed by atoms with Gasteiger partial charge in [-0.25, -0.2) is 4.98 Å². The van der Waals surface area contributed by atoms with E-state index in [4.69, 9.17) is 4.74 Å². The highest BCUT2D eigenvalue weighted by molar-refractivity contribution is 5.97. The van der Waals surface area contributed by atoms with Gasteiger partial charge in [0.25, 0.3) is 0 Å². The number of H-pyrrole nitrogens is 2. The van der Waals surface area contributed by atoms with Gasteiger partial charge in [-0.3, -0.25) is 0 Å². The molecule has 0 saturated heterocycles. The summed E-state index contributed by atoms with van der Waals surface area (Å²) in [7, 11) is 1.62. The van der Waals surface area contributed by atoms with Crippen molar-refractivity contribution in [3.8, 4) is 28.1 Å². The van der Waals surface area contributed by atoms with E-state index in [1.54, 1.807) is 20.2 Å². The molecule has 0 aliphatic heterocycles. The Labute approximate surface area is 148 Å². The second-order valence-corrected chi connectivity index (χ2v) is 5.80. The van der Waals surface area contributed by atoms with Gasteiger partial charge in [-0.2, -0.15) is 0 Å². The number of aryl methyl sites for hydroxylation is 1. The first-order valence-corrected chi connectivity index (χ1v) is 7.90. The number of benzene rings is 1. The lowest BCUT2D eigenvalue weighted by Crippen LogP contribution is -1.92. The Bertz CT molecular complexity index is 1130. The predicted molar refractivity (Wildman–Crippen MR) is 97.1 cm³/mol. The van der Waals surface area contributed by atoms with Crippen molar-refractivity contribution in [2.45, 2.75) is 6.92 Å². The van der Waals surface area contributed by atoms with Crippen LogP contribution in [0.15, 0.2) is 42.7 Å². The molecule has 0 saturated carbocycles. The first-order chi connectivity index (χ1) is 12.6. The third-order valence-corrected chi connectivity index (χ3v) is 4.19. The molecule has 0 aliphatic carbocycles. The van der Waals surface area contributed by atoms with E-state index in [1.807, 2.05) is 36.5 Å². The second kappa shape index (κ2) is 5.99. The SMILES string of the molecule is COc1ccccc1-c1c[nH]c2ncc(-c3[nH]c(C)nc3[N+](=O)[O-])cc12. The number of fused-ring (bicyclic) bond motifs is 1. The lowest BCUT2D eigenvalue weighted by molar-refractivity contribution is -0.388. The van der Waals surface area contributed by atoms with Crippen LogP contribution in [-0.2, 0) is 0 Å². The highest BCUT2D eigenvalue weighted by atomic mass is 16.6. The van der Waals surface area contributed by atoms with Crippen molar-refractivity contribution in [2.75, 3.05) is 7.11 Å². The number of methoxy groups -OCH3 is 1. The number of nitro groups is 1. The molecule has 0 aliphatic rings. The lowest BCUT2D eigenvalue weighted by atomic mass is 10.0. The summed E-state index contributed by atoms with van der Waals surface area (Å²) in [4.78, 5) is 25.2. The fourth-order valence-corrected chi connectivity index (χ4v) is 3.04. The molecule has 1 aromatic carbocycles. The van der Waals surface area contributed by atoms with Gasteiger partial charge < -0.3 is 24.8 Å². The van der Waals surface area contributed by atoms with E-state index >= 15 is 0 Å². The van der Waals surface area contributed by atoms with Gasteiger partial charge >= 0.3 is 5.82 Å². The third-order valence-electron chi connectivity index (χ3n) is 4.19. The molecular formula is C18H15N5O3. The van der Waals surface area contributed by atoms with E-state index < -0.39 is 4.92 Å². The van der Waals surface area contributed by atoms with Crippen molar-refractivity contribution in [1.82, 2.24) is 19.9 Å². The van der Waals surface area contributed by atoms with Crippen LogP contribution >= 0.6 is 0 Å². The second-order valence-electron chi connectivity index (χ2n) is 5.80. The highest BCUT2D eigenvalue weighted by Crippen LogP contribution is 2.36. The summed E-state index contributed by atoms with van der Waals surface area (Å²) in [5.41, 5.74) is 3.45. The van der Waals surface area contributed by atoms with Crippen LogP contribution < -0.4 is 4.74 Å². The van der Waals surface area contributed by atoms with Gasteiger partial charge in [0.05, 0.1) is 7.11 Å². The Hall–Kier alpha value is -3.68. The van der Waals surface area contributed by atoms with Crippen LogP contribution in [0, 0.1) is 17.0 Å². The van der Waals surface area contributed by atoms with Crippen LogP contribution in [0.25, 0.3) is 33.4 Å². The molecule has 0 unspecified atom stereocenters. The minimum atomic E-state index is -0.499. The van der Waals surface area contributed by atoms with Crippen LogP contribution in [0.1, 0.15) is 5.82 Å². The quantitative estimate of drug-likeness (QED) is 0.429. The predicted octanol–water partition coefficient (Wildman–Crippen LogP) is 3.85. The molecule has 3 heterocycles. The Kier molecular flexibility index (Phi) is 3.65. The maximum Gasteiger partial charge on any atom is 0.389 e. The van der Waals surface area contributed by atoms with E-state index in [0.717, 1.165) is 22.3 Å². The Morgan fingerprint density at radius 2 is 2.04 bits per heavy atom. The molecule has 2 N–H and O–H groups in total. The van der Waals surface area contributed by atoms with Gasteiger partial charge in [0.15, 0.2) is 0 Å². The molecule has 0 fully saturated rings. The van der Waals surface area contributed by atoms with Crippen LogP contribution in [0.4, 0.5) is 5.82 Å². The Balaban J connectivity index is 1.92. The fourth-order valence-electron chi connectivity index (χ4n) is 3.04. The molecule has 4 aromatic rings. The van der Waals surface area contributed by atoms with Gasteiger partial charge in [-0.1, -0.05) is 18.2 Å². The average Bonchev–Trinajstić information content (AvgIpc) is 3.24. The van der Waals surface area contributed by atoms with Gasteiger partial charge in [-0.05, 0) is 22.0 Å². The summed E-state index contributed by atoms with van der Waals surface area (Å²) < 4.78 is 5.45. The van der Waals surface area contributed by atoms with Crippen molar-refractivity contribution in [3.63, 3.8) is 0 Å². The summed E-state index contributed by atoms with van der Waals surface area (Å²) in [6, 6.07) is 9.53. The minimum absolute atomic E-state index is 0.210. The summed E-state index contributed by atoms with van der Waals surface area (Å²) in [5, 5.41) is 12.1. The smallest absolute Gasteiger partial charge is 0.389 e. The summed E-state index contributed by atoms with van der Waals surface area (Å²) in [6.07, 6.45) is 3.44. The molecule has 0 atom stereocenters. The number of aromatic nitrogens is 4. The van der Waals surface area contributed by atoms with Crippen molar-refractivity contribution in [3.05, 3.63) is 58.7 Å². The van der Waals surface area contributed by atoms with Crippen LogP contribution in [-0.4, -0.2) is 32.0 Å². The maximum absolute atomic E-state index is 11.3. The molecule has 0 amide bonds. The number of para-hydroxylation sites is 1. The average molecular weight is 349 g/mol. The number of aromatic amines is 2. The molecule has 26 heavy (non-hydrogen) atoms. The summed E-state index contributed by atoms with van der Waals surface area (Å²) in [5.74, 6) is 1.01. The maximum atomic E-state index is 11.3. The van der Waals surface area contributed by atoms with E-state index in [9.17, 15) is 10.1 Å². The van der Waals surface area contributed by atoms with Crippen LogP contribution in [0.3, 0.4) is 0 Å². The molecule has 8 nitrogen and oxygen atoms in total. The van der Waals surface area contributed by atoms with Crippen molar-refractivity contribution >= 4 is 16.9 Å². The van der Waals surface area contributed by atoms with Crippen LogP contribution in [0.5, 0.6) is 5.75 Å². The minimum Gasteiger partial charge on any atom is -0.496 e. The number of nitrogens with one attached hydrogen (secondary N) is 2. The van der Waals surface area contributed by atoms with Gasteiger partial charge in [0.1, 0.15) is 17.1 Å². The molecule has 0 spiro atoms. The number of rotatable bonds is 4. The fraction of sp³-hybridized carbons (Fsp3) is 0.111. The number of hydrogen-bond acceptors (Lipinski definition) is 5. The topological polar surface area (TPSA) is 110 Å². The van der Waals surface area contributed by atoms with E-state index in [0.29, 0.717) is 22.7 Å². The lowest BCUT2D eigenvalue weighted by Gasteiger charge is -2.07. The standard InChI is InChI=1S/C18H15N5O3/c1-10-21-16(18(22-10)23(24)25)11-7-13-14(9-20-17(13)19-8-11)12-5-3-4-6-15(12)26-2/h3-9H,1-2H3,(H,19,20)(H,21,22). The van der Waals surface area contributed by atoms with E-state index in [-0.39, 0.29) is 5.82 Å². The largest absolute Gasteiger partial charge is 0.496 e. The molecule has 0 radical (unpaired) electrons. The van der Waals surface area contributed by atoms with Crippen molar-refractivity contribution in [1.29, 1.82) is 0 Å². The monoisotopic (exact) mass is 349 g/mol. The molecule has 3 aromatic heterocycles. The van der Waals surface area contributed by atoms with Gasteiger partial charge in [0, 0.05) is 41.4 Å². The number of hydrogen-bond donors (Lipinski definition) is 2. The Morgan fingerprint density at radius 3 is 2.81 bits per heavy atom. The van der Waals surface area contributed by atoms with E-state index in [1.165, 1.54) is 0 Å². The van der Waals surface area contributed by atoms with Gasteiger partial charge in [0.2, 0.25) is 5.82 Å². The zero-order valence-corrected chi connectivity index (χ0v) is 14.1. The molecule has 0 bridgehead atoms. The molecule has 130 valence electrons. The number of pyridine rings is 1. The molecule has 4 rings (SSSR count). The first-order valence-electron chi connectivity index (χ1n) is 7.90. The third kappa shape index (κ3) is 2.48. The number of nitrogens with zero attached hydrogens (tertiary/aromatic N) is 3. The van der Waals surface area contributed by atoms with Crippen molar-refractivity contribution < 1.29 is 9.66 Å². The van der Waals surface area contributed by atoms with Crippen LogP contribution in [0.2, 0.25) is 0 Å². The first kappa shape index (κ1) is 15.8. The number of imidazole rings is 1. The zero-order valence-electron chi connectivity index (χ0n) is 14.1. The van der Waals surface area contributed by atoms with Crippen molar-refractivity contribution in [2.24, 2.45) is 0 Å².